The van der Waals surface area contributed by atoms with Crippen molar-refractivity contribution in [3.8, 4) is 5.75 Å². The molecule has 116 valence electrons. The van der Waals surface area contributed by atoms with Gasteiger partial charge < -0.3 is 14.8 Å². The summed E-state index contributed by atoms with van der Waals surface area (Å²) in [6.07, 6.45) is -5.30. The summed E-state index contributed by atoms with van der Waals surface area (Å²) in [5.74, 6) is -0.356. The summed E-state index contributed by atoms with van der Waals surface area (Å²) >= 11 is 0. The molecule has 0 radical (unpaired) electrons. The second-order valence-electron chi connectivity index (χ2n) is 5.73. The van der Waals surface area contributed by atoms with Gasteiger partial charge in [-0.2, -0.15) is 13.2 Å². The zero-order valence-corrected chi connectivity index (χ0v) is 11.9. The number of fused-ring (bicyclic) bond motifs is 1. The van der Waals surface area contributed by atoms with E-state index in [0.29, 0.717) is 0 Å². The Morgan fingerprint density at radius 3 is 2.57 bits per heavy atom. The van der Waals surface area contributed by atoms with E-state index in [9.17, 15) is 18.0 Å². The number of alkyl halides is 3. The molecule has 0 saturated heterocycles. The Hall–Kier alpha value is -1.92. The molecule has 2 rings (SSSR count). The van der Waals surface area contributed by atoms with Gasteiger partial charge in [-0.3, -0.25) is 0 Å². The van der Waals surface area contributed by atoms with Crippen molar-refractivity contribution in [2.24, 2.45) is 0 Å². The minimum absolute atomic E-state index is 0.0588. The Labute approximate surface area is 120 Å². The lowest BCUT2D eigenvalue weighted by Gasteiger charge is -2.29. The number of benzene rings is 1. The minimum Gasteiger partial charge on any atom is -0.475 e. The fourth-order valence-electron chi connectivity index (χ4n) is 1.84. The SMILES string of the molecule is CC(C)(C)OC(=O)C1CNc2cc(C(F)(F)F)ccc2O1. The van der Waals surface area contributed by atoms with Crippen molar-refractivity contribution in [3.63, 3.8) is 0 Å². The monoisotopic (exact) mass is 303 g/mol. The molecule has 1 aromatic rings. The van der Waals surface area contributed by atoms with E-state index in [1.807, 2.05) is 0 Å². The Morgan fingerprint density at radius 1 is 1.33 bits per heavy atom. The van der Waals surface area contributed by atoms with Gasteiger partial charge in [0.25, 0.3) is 0 Å². The highest BCUT2D eigenvalue weighted by molar-refractivity contribution is 5.78. The van der Waals surface area contributed by atoms with Gasteiger partial charge in [-0.25, -0.2) is 4.79 Å². The van der Waals surface area contributed by atoms with E-state index in [-0.39, 0.29) is 18.0 Å². The van der Waals surface area contributed by atoms with Gasteiger partial charge in [-0.15, -0.1) is 0 Å². The number of hydrogen-bond donors (Lipinski definition) is 1. The van der Waals surface area contributed by atoms with Crippen LogP contribution < -0.4 is 10.1 Å². The maximum Gasteiger partial charge on any atom is 0.416 e. The average molecular weight is 303 g/mol. The molecular weight excluding hydrogens is 287 g/mol. The Kier molecular flexibility index (Phi) is 3.78. The van der Waals surface area contributed by atoms with Crippen LogP contribution in [0.1, 0.15) is 26.3 Å². The van der Waals surface area contributed by atoms with Crippen molar-refractivity contribution in [1.29, 1.82) is 0 Å². The van der Waals surface area contributed by atoms with Crippen molar-refractivity contribution in [2.45, 2.75) is 38.7 Å². The van der Waals surface area contributed by atoms with Gasteiger partial charge in [0, 0.05) is 0 Å². The summed E-state index contributed by atoms with van der Waals surface area (Å²) in [5, 5.41) is 2.77. The smallest absolute Gasteiger partial charge is 0.416 e. The summed E-state index contributed by atoms with van der Waals surface area (Å²) in [6.45, 7) is 5.24. The van der Waals surface area contributed by atoms with Crippen LogP contribution in [-0.2, 0) is 15.7 Å². The number of ether oxygens (including phenoxy) is 2. The maximum atomic E-state index is 12.6. The molecule has 1 atom stereocenters. The van der Waals surface area contributed by atoms with Crippen LogP contribution in [0.5, 0.6) is 5.75 Å². The van der Waals surface area contributed by atoms with E-state index in [1.165, 1.54) is 6.07 Å². The van der Waals surface area contributed by atoms with Crippen LogP contribution in [-0.4, -0.2) is 24.2 Å². The molecule has 21 heavy (non-hydrogen) atoms. The van der Waals surface area contributed by atoms with Crippen LogP contribution in [0.3, 0.4) is 0 Å². The normalized spacial score (nSPS) is 18.3. The van der Waals surface area contributed by atoms with Gasteiger partial charge in [0.2, 0.25) is 6.10 Å². The number of esters is 1. The first-order valence-corrected chi connectivity index (χ1v) is 6.41. The molecule has 1 unspecified atom stereocenters. The van der Waals surface area contributed by atoms with Crippen LogP contribution in [0.15, 0.2) is 18.2 Å². The van der Waals surface area contributed by atoms with E-state index in [2.05, 4.69) is 5.32 Å². The highest BCUT2D eigenvalue weighted by Crippen LogP contribution is 2.36. The first kappa shape index (κ1) is 15.5. The summed E-state index contributed by atoms with van der Waals surface area (Å²) in [7, 11) is 0. The van der Waals surface area contributed by atoms with Crippen molar-refractivity contribution in [1.82, 2.24) is 0 Å². The summed E-state index contributed by atoms with van der Waals surface area (Å²) in [4.78, 5) is 11.9. The summed E-state index contributed by atoms with van der Waals surface area (Å²) < 4.78 is 48.4. The molecule has 0 saturated carbocycles. The van der Waals surface area contributed by atoms with E-state index in [0.717, 1.165) is 12.1 Å². The fraction of sp³-hybridized carbons (Fsp3) is 0.500. The lowest BCUT2D eigenvalue weighted by atomic mass is 10.1. The van der Waals surface area contributed by atoms with Crippen molar-refractivity contribution >= 4 is 11.7 Å². The number of carbonyl (C=O) groups excluding carboxylic acids is 1. The van der Waals surface area contributed by atoms with Crippen LogP contribution >= 0.6 is 0 Å². The van der Waals surface area contributed by atoms with Crippen LogP contribution in [0.2, 0.25) is 0 Å². The minimum atomic E-state index is -4.42. The molecule has 1 heterocycles. The number of hydrogen-bond acceptors (Lipinski definition) is 4. The molecule has 1 aromatic carbocycles. The molecule has 7 heteroatoms. The highest BCUT2D eigenvalue weighted by atomic mass is 19.4. The van der Waals surface area contributed by atoms with Gasteiger partial charge in [0.15, 0.2) is 0 Å². The Bertz CT molecular complexity index is 549. The third kappa shape index (κ3) is 3.80. The lowest BCUT2D eigenvalue weighted by Crippen LogP contribution is -2.42. The second-order valence-corrected chi connectivity index (χ2v) is 5.73. The molecule has 0 amide bonds. The van der Waals surface area contributed by atoms with Gasteiger partial charge in [0.05, 0.1) is 17.8 Å². The van der Waals surface area contributed by atoms with Crippen molar-refractivity contribution in [3.05, 3.63) is 23.8 Å². The molecule has 0 spiro atoms. The van der Waals surface area contributed by atoms with Gasteiger partial charge in [-0.1, -0.05) is 0 Å². The maximum absolute atomic E-state index is 12.6. The molecule has 1 aliphatic rings. The number of rotatable bonds is 1. The third-order valence-electron chi connectivity index (χ3n) is 2.72. The fourth-order valence-corrected chi connectivity index (χ4v) is 1.84. The molecule has 1 aliphatic heterocycles. The first-order valence-electron chi connectivity index (χ1n) is 6.41. The molecular formula is C14H16F3NO3. The van der Waals surface area contributed by atoms with Crippen LogP contribution in [0.25, 0.3) is 0 Å². The number of nitrogens with one attached hydrogen (secondary N) is 1. The molecule has 0 fully saturated rings. The van der Waals surface area contributed by atoms with Crippen molar-refractivity contribution in [2.75, 3.05) is 11.9 Å². The largest absolute Gasteiger partial charge is 0.475 e. The van der Waals surface area contributed by atoms with Gasteiger partial charge >= 0.3 is 12.1 Å². The molecule has 1 N–H and O–H groups in total. The van der Waals surface area contributed by atoms with Gasteiger partial charge in [-0.05, 0) is 39.0 Å². The van der Waals surface area contributed by atoms with Crippen LogP contribution in [0, 0.1) is 0 Å². The molecule has 4 nitrogen and oxygen atoms in total. The highest BCUT2D eigenvalue weighted by Gasteiger charge is 2.34. The first-order chi connectivity index (χ1) is 9.56. The Morgan fingerprint density at radius 2 is 2.00 bits per heavy atom. The third-order valence-corrected chi connectivity index (χ3v) is 2.72. The van der Waals surface area contributed by atoms with E-state index < -0.39 is 29.4 Å². The molecule has 0 aromatic heterocycles. The zero-order valence-electron chi connectivity index (χ0n) is 11.9. The van der Waals surface area contributed by atoms with Gasteiger partial charge in [0.1, 0.15) is 11.4 Å². The number of anilines is 1. The Balaban J connectivity index is 2.13. The second kappa shape index (κ2) is 5.13. The molecule has 0 bridgehead atoms. The predicted molar refractivity (Wildman–Crippen MR) is 70.2 cm³/mol. The quantitative estimate of drug-likeness (QED) is 0.809. The van der Waals surface area contributed by atoms with E-state index in [4.69, 9.17) is 9.47 Å². The van der Waals surface area contributed by atoms with E-state index >= 15 is 0 Å². The predicted octanol–water partition coefficient (Wildman–Crippen LogP) is 3.22. The summed E-state index contributed by atoms with van der Waals surface area (Å²) in [5.41, 5.74) is -1.21. The number of halogens is 3. The average Bonchev–Trinajstić information content (AvgIpc) is 2.34. The summed E-state index contributed by atoms with van der Waals surface area (Å²) in [6, 6.07) is 3.07. The zero-order chi connectivity index (χ0) is 15.8. The number of carbonyl (C=O) groups is 1. The van der Waals surface area contributed by atoms with E-state index in [1.54, 1.807) is 20.8 Å². The molecule has 0 aliphatic carbocycles. The standard InChI is InChI=1S/C14H16F3NO3/c1-13(2,3)21-12(19)11-7-18-9-6-8(14(15,16)17)4-5-10(9)20-11/h4-6,11,18H,7H2,1-3H3. The topological polar surface area (TPSA) is 47.6 Å². The van der Waals surface area contributed by atoms with Crippen molar-refractivity contribution < 1.29 is 27.4 Å². The lowest BCUT2D eigenvalue weighted by molar-refractivity contribution is -0.163. The van der Waals surface area contributed by atoms with Crippen LogP contribution in [0.4, 0.5) is 18.9 Å².